The van der Waals surface area contributed by atoms with Gasteiger partial charge in [-0.25, -0.2) is 5.43 Å². The number of phenols is 1. The van der Waals surface area contributed by atoms with Crippen molar-refractivity contribution >= 4 is 39.3 Å². The van der Waals surface area contributed by atoms with E-state index in [1.807, 2.05) is 24.3 Å². The minimum Gasteiger partial charge on any atom is -0.508 e. The van der Waals surface area contributed by atoms with Gasteiger partial charge in [-0.3, -0.25) is 4.79 Å². The third kappa shape index (κ3) is 6.08. The molecule has 1 amide bonds. The Labute approximate surface area is 148 Å². The summed E-state index contributed by atoms with van der Waals surface area (Å²) in [6.07, 6.45) is 0. The van der Waals surface area contributed by atoms with Gasteiger partial charge >= 0.3 is 0 Å². The van der Waals surface area contributed by atoms with Crippen LogP contribution in [-0.2, 0) is 10.5 Å². The Morgan fingerprint density at radius 1 is 1.26 bits per heavy atom. The summed E-state index contributed by atoms with van der Waals surface area (Å²) in [6.45, 7) is 1.81. The molecule has 0 aliphatic heterocycles. The molecule has 0 unspecified atom stereocenters. The molecule has 0 aromatic heterocycles. The van der Waals surface area contributed by atoms with Crippen LogP contribution in [0.1, 0.15) is 18.1 Å². The van der Waals surface area contributed by atoms with Crippen LogP contribution in [0.3, 0.4) is 0 Å². The van der Waals surface area contributed by atoms with Gasteiger partial charge in [-0.05, 0) is 54.4 Å². The lowest BCUT2D eigenvalue weighted by Crippen LogP contribution is -2.21. The van der Waals surface area contributed by atoms with Gasteiger partial charge in [0, 0.05) is 10.2 Å². The second-order valence-electron chi connectivity index (χ2n) is 4.90. The number of thioether (sulfide) groups is 1. The van der Waals surface area contributed by atoms with Crippen LogP contribution < -0.4 is 5.43 Å². The number of aromatic hydroxyl groups is 1. The van der Waals surface area contributed by atoms with Gasteiger partial charge in [0.15, 0.2) is 0 Å². The van der Waals surface area contributed by atoms with Gasteiger partial charge in [0.05, 0.1) is 11.5 Å². The molecule has 0 spiro atoms. The second kappa shape index (κ2) is 8.74. The fourth-order valence-electron chi connectivity index (χ4n) is 1.83. The van der Waals surface area contributed by atoms with Crippen LogP contribution in [0.5, 0.6) is 5.75 Å². The van der Waals surface area contributed by atoms with E-state index in [2.05, 4.69) is 26.5 Å². The topological polar surface area (TPSA) is 61.7 Å². The van der Waals surface area contributed by atoms with Gasteiger partial charge in [-0.1, -0.05) is 28.1 Å². The predicted molar refractivity (Wildman–Crippen MR) is 98.8 cm³/mol. The zero-order valence-electron chi connectivity index (χ0n) is 12.6. The summed E-state index contributed by atoms with van der Waals surface area (Å²) in [5, 5.41) is 13.3. The number of benzene rings is 2. The van der Waals surface area contributed by atoms with Gasteiger partial charge < -0.3 is 5.11 Å². The van der Waals surface area contributed by atoms with Crippen molar-refractivity contribution in [3.63, 3.8) is 0 Å². The highest BCUT2D eigenvalue weighted by molar-refractivity contribution is 9.10. The number of amides is 1. The average molecular weight is 393 g/mol. The number of hydrazone groups is 1. The van der Waals surface area contributed by atoms with Crippen molar-refractivity contribution in [2.45, 2.75) is 12.7 Å². The summed E-state index contributed by atoms with van der Waals surface area (Å²) in [6, 6.07) is 14.7. The summed E-state index contributed by atoms with van der Waals surface area (Å²) in [5.74, 6) is 1.18. The van der Waals surface area contributed by atoms with E-state index < -0.39 is 0 Å². The Morgan fingerprint density at radius 2 is 2.00 bits per heavy atom. The van der Waals surface area contributed by atoms with E-state index in [1.165, 1.54) is 17.3 Å². The largest absolute Gasteiger partial charge is 0.508 e. The minimum atomic E-state index is -0.136. The van der Waals surface area contributed by atoms with Crippen LogP contribution >= 0.6 is 27.7 Å². The third-order valence-corrected chi connectivity index (χ3v) is 4.52. The fraction of sp³-hybridized carbons (Fsp3) is 0.176. The molecule has 2 rings (SSSR count). The highest BCUT2D eigenvalue weighted by atomic mass is 79.9. The third-order valence-electron chi connectivity index (χ3n) is 3.02. The van der Waals surface area contributed by atoms with Crippen molar-refractivity contribution in [1.82, 2.24) is 5.43 Å². The molecule has 4 nitrogen and oxygen atoms in total. The number of halogens is 1. The molecule has 0 saturated carbocycles. The molecular weight excluding hydrogens is 376 g/mol. The fourth-order valence-corrected chi connectivity index (χ4v) is 3.05. The lowest BCUT2D eigenvalue weighted by atomic mass is 10.1. The van der Waals surface area contributed by atoms with Gasteiger partial charge in [-0.15, -0.1) is 11.8 Å². The van der Waals surface area contributed by atoms with Crippen LogP contribution in [0.15, 0.2) is 58.1 Å². The quantitative estimate of drug-likeness (QED) is 0.578. The van der Waals surface area contributed by atoms with Crippen molar-refractivity contribution in [3.8, 4) is 5.75 Å². The van der Waals surface area contributed by atoms with E-state index in [9.17, 15) is 9.90 Å². The Balaban J connectivity index is 1.78. The number of hydrogen-bond acceptors (Lipinski definition) is 4. The number of phenolic OH excluding ortho intramolecular Hbond substituents is 1. The van der Waals surface area contributed by atoms with E-state index in [-0.39, 0.29) is 11.7 Å². The maximum atomic E-state index is 11.8. The maximum Gasteiger partial charge on any atom is 0.250 e. The normalized spacial score (nSPS) is 11.3. The SMILES string of the molecule is C/C(=N/NC(=O)CSCc1cccc(Br)c1)c1ccc(O)cc1. The summed E-state index contributed by atoms with van der Waals surface area (Å²) < 4.78 is 1.04. The molecule has 0 heterocycles. The summed E-state index contributed by atoms with van der Waals surface area (Å²) in [7, 11) is 0. The summed E-state index contributed by atoms with van der Waals surface area (Å²) >= 11 is 4.97. The number of carbonyl (C=O) groups excluding carboxylic acids is 1. The smallest absolute Gasteiger partial charge is 0.250 e. The lowest BCUT2D eigenvalue weighted by Gasteiger charge is -2.04. The van der Waals surface area contributed by atoms with E-state index >= 15 is 0 Å². The first-order valence-corrected chi connectivity index (χ1v) is 8.94. The molecule has 120 valence electrons. The van der Waals surface area contributed by atoms with Crippen LogP contribution in [0.2, 0.25) is 0 Å². The van der Waals surface area contributed by atoms with Crippen LogP contribution in [0.4, 0.5) is 0 Å². The maximum absolute atomic E-state index is 11.8. The zero-order valence-corrected chi connectivity index (χ0v) is 15.0. The van der Waals surface area contributed by atoms with Crippen LogP contribution in [0.25, 0.3) is 0 Å². The van der Waals surface area contributed by atoms with E-state index in [1.54, 1.807) is 31.2 Å². The van der Waals surface area contributed by atoms with Crippen molar-refractivity contribution in [2.24, 2.45) is 5.10 Å². The van der Waals surface area contributed by atoms with Gasteiger partial charge in [0.1, 0.15) is 5.75 Å². The molecule has 0 radical (unpaired) electrons. The highest BCUT2D eigenvalue weighted by Gasteiger charge is 2.03. The molecule has 0 aliphatic carbocycles. The molecule has 0 fully saturated rings. The Kier molecular flexibility index (Phi) is 6.67. The molecule has 6 heteroatoms. The highest BCUT2D eigenvalue weighted by Crippen LogP contribution is 2.16. The molecule has 2 aromatic carbocycles. The van der Waals surface area contributed by atoms with E-state index in [4.69, 9.17) is 0 Å². The minimum absolute atomic E-state index is 0.136. The Bertz CT molecular complexity index is 702. The number of nitrogens with zero attached hydrogens (tertiary/aromatic N) is 1. The molecule has 0 atom stereocenters. The van der Waals surface area contributed by atoms with Crippen LogP contribution in [0, 0.1) is 0 Å². The first-order chi connectivity index (χ1) is 11.0. The number of hydrogen-bond donors (Lipinski definition) is 2. The number of carbonyl (C=O) groups is 1. The van der Waals surface area contributed by atoms with Crippen molar-refractivity contribution in [3.05, 3.63) is 64.1 Å². The summed E-state index contributed by atoms with van der Waals surface area (Å²) in [4.78, 5) is 11.8. The molecule has 0 saturated heterocycles. The van der Waals surface area contributed by atoms with Crippen molar-refractivity contribution in [1.29, 1.82) is 0 Å². The molecule has 0 bridgehead atoms. The molecule has 2 N–H and O–H groups in total. The zero-order chi connectivity index (χ0) is 16.7. The monoisotopic (exact) mass is 392 g/mol. The van der Waals surface area contributed by atoms with E-state index in [0.29, 0.717) is 11.5 Å². The Morgan fingerprint density at radius 3 is 2.70 bits per heavy atom. The standard InChI is InChI=1S/C17H17BrN2O2S/c1-12(14-5-7-16(21)8-6-14)19-20-17(22)11-23-10-13-3-2-4-15(18)9-13/h2-9,21H,10-11H2,1H3,(H,20,22)/b19-12-. The second-order valence-corrected chi connectivity index (χ2v) is 6.80. The number of nitrogens with one attached hydrogen (secondary N) is 1. The molecular formula is C17H17BrN2O2S. The van der Waals surface area contributed by atoms with Crippen molar-refractivity contribution < 1.29 is 9.90 Å². The van der Waals surface area contributed by atoms with E-state index in [0.717, 1.165) is 15.8 Å². The first kappa shape index (κ1) is 17.6. The number of rotatable bonds is 6. The first-order valence-electron chi connectivity index (χ1n) is 6.99. The molecule has 2 aromatic rings. The lowest BCUT2D eigenvalue weighted by molar-refractivity contribution is -0.118. The van der Waals surface area contributed by atoms with Crippen molar-refractivity contribution in [2.75, 3.05) is 5.75 Å². The van der Waals surface area contributed by atoms with Gasteiger partial charge in [0.25, 0.3) is 0 Å². The average Bonchev–Trinajstić information content (AvgIpc) is 2.53. The Hall–Kier alpha value is -1.79. The predicted octanol–water partition coefficient (Wildman–Crippen LogP) is 3.93. The summed E-state index contributed by atoms with van der Waals surface area (Å²) in [5.41, 5.74) is 5.26. The molecule has 0 aliphatic rings. The van der Waals surface area contributed by atoms with Crippen LogP contribution in [-0.4, -0.2) is 22.5 Å². The van der Waals surface area contributed by atoms with Gasteiger partial charge in [0.2, 0.25) is 5.91 Å². The van der Waals surface area contributed by atoms with Gasteiger partial charge in [-0.2, -0.15) is 5.10 Å². The molecule has 23 heavy (non-hydrogen) atoms.